The Balaban J connectivity index is 1.50. The summed E-state index contributed by atoms with van der Waals surface area (Å²) in [4.78, 5) is 19.3. The zero-order chi connectivity index (χ0) is 17.2. The average molecular weight is 343 g/mol. The van der Waals surface area contributed by atoms with Crippen molar-refractivity contribution in [3.63, 3.8) is 0 Å². The van der Waals surface area contributed by atoms with Crippen LogP contribution in [0.25, 0.3) is 0 Å². The minimum atomic E-state index is -0.0884. The van der Waals surface area contributed by atoms with Crippen molar-refractivity contribution in [3.05, 3.63) is 29.7 Å². The summed E-state index contributed by atoms with van der Waals surface area (Å²) in [6, 6.07) is 0.351. The van der Waals surface area contributed by atoms with Crippen molar-refractivity contribution in [2.24, 2.45) is 0 Å². The molecule has 2 aromatic rings. The standard InChI is InChI=1S/C18H25N5O2/c1-2-16-20-17(21-25-16)15-9-6-10-22(15)18(24)13-11-19-23(12-13)14-7-4-3-5-8-14/h11-12,14-15H,2-10H2,1H3/t15-/m0/s1. The molecule has 1 atom stereocenters. The molecule has 1 aliphatic carbocycles. The Morgan fingerprint density at radius 3 is 2.84 bits per heavy atom. The van der Waals surface area contributed by atoms with Crippen molar-refractivity contribution in [3.8, 4) is 0 Å². The van der Waals surface area contributed by atoms with Gasteiger partial charge in [0.25, 0.3) is 5.91 Å². The number of hydrogen-bond acceptors (Lipinski definition) is 5. The molecule has 4 rings (SSSR count). The minimum absolute atomic E-state index is 0.0207. The van der Waals surface area contributed by atoms with E-state index in [0.717, 1.165) is 32.2 Å². The summed E-state index contributed by atoms with van der Waals surface area (Å²) in [6.07, 6.45) is 12.3. The Morgan fingerprint density at radius 2 is 2.08 bits per heavy atom. The van der Waals surface area contributed by atoms with Crippen LogP contribution in [0.1, 0.15) is 86.0 Å². The Morgan fingerprint density at radius 1 is 1.24 bits per heavy atom. The number of carbonyl (C=O) groups is 1. The minimum Gasteiger partial charge on any atom is -0.339 e. The lowest BCUT2D eigenvalue weighted by Crippen LogP contribution is -2.31. The lowest BCUT2D eigenvalue weighted by atomic mass is 9.96. The molecule has 2 aliphatic rings. The van der Waals surface area contributed by atoms with Gasteiger partial charge in [-0.05, 0) is 25.7 Å². The Labute approximate surface area is 147 Å². The molecule has 25 heavy (non-hydrogen) atoms. The predicted molar refractivity (Wildman–Crippen MR) is 91.0 cm³/mol. The van der Waals surface area contributed by atoms with Gasteiger partial charge in [-0.1, -0.05) is 31.3 Å². The van der Waals surface area contributed by atoms with Crippen molar-refractivity contribution in [2.45, 2.75) is 70.4 Å². The Kier molecular flexibility index (Phi) is 4.55. The Bertz CT molecular complexity index is 731. The molecule has 0 N–H and O–H groups in total. The molecule has 0 aromatic carbocycles. The summed E-state index contributed by atoms with van der Waals surface area (Å²) in [5.41, 5.74) is 0.664. The van der Waals surface area contributed by atoms with Gasteiger partial charge in [0.2, 0.25) is 5.89 Å². The molecule has 0 radical (unpaired) electrons. The largest absolute Gasteiger partial charge is 0.339 e. The number of aromatic nitrogens is 4. The number of nitrogens with zero attached hydrogens (tertiary/aromatic N) is 5. The highest BCUT2D eigenvalue weighted by atomic mass is 16.5. The molecule has 1 saturated heterocycles. The van der Waals surface area contributed by atoms with Crippen LogP contribution in [0.4, 0.5) is 0 Å². The summed E-state index contributed by atoms with van der Waals surface area (Å²) < 4.78 is 7.22. The van der Waals surface area contributed by atoms with Crippen molar-refractivity contribution < 1.29 is 9.32 Å². The second-order valence-electron chi connectivity index (χ2n) is 7.06. The van der Waals surface area contributed by atoms with Crippen LogP contribution in [0.3, 0.4) is 0 Å². The number of carbonyl (C=O) groups excluding carboxylic acids is 1. The highest BCUT2D eigenvalue weighted by molar-refractivity contribution is 5.94. The monoisotopic (exact) mass is 343 g/mol. The fourth-order valence-electron chi connectivity index (χ4n) is 3.98. The van der Waals surface area contributed by atoms with E-state index in [1.165, 1.54) is 19.3 Å². The molecular weight excluding hydrogens is 318 g/mol. The third kappa shape index (κ3) is 3.19. The highest BCUT2D eigenvalue weighted by Crippen LogP contribution is 2.32. The van der Waals surface area contributed by atoms with Gasteiger partial charge in [-0.2, -0.15) is 10.1 Å². The fourth-order valence-corrected chi connectivity index (χ4v) is 3.98. The molecule has 0 bridgehead atoms. The SMILES string of the molecule is CCc1nc([C@@H]2CCCN2C(=O)c2cnn(C3CCCCC3)c2)no1. The topological polar surface area (TPSA) is 77.1 Å². The third-order valence-corrected chi connectivity index (χ3v) is 5.40. The lowest BCUT2D eigenvalue weighted by Gasteiger charge is -2.22. The molecule has 1 amide bonds. The lowest BCUT2D eigenvalue weighted by molar-refractivity contribution is 0.0728. The molecule has 3 heterocycles. The zero-order valence-electron chi connectivity index (χ0n) is 14.7. The van der Waals surface area contributed by atoms with Crippen LogP contribution in [-0.2, 0) is 6.42 Å². The van der Waals surface area contributed by atoms with Gasteiger partial charge in [0, 0.05) is 19.2 Å². The van der Waals surface area contributed by atoms with E-state index >= 15 is 0 Å². The first-order chi connectivity index (χ1) is 12.3. The van der Waals surface area contributed by atoms with Crippen LogP contribution < -0.4 is 0 Å². The van der Waals surface area contributed by atoms with E-state index in [-0.39, 0.29) is 11.9 Å². The maximum atomic E-state index is 13.0. The number of aryl methyl sites for hydroxylation is 1. The second kappa shape index (κ2) is 6.98. The number of rotatable bonds is 4. The highest BCUT2D eigenvalue weighted by Gasteiger charge is 2.34. The molecule has 0 unspecified atom stereocenters. The van der Waals surface area contributed by atoms with Crippen LogP contribution in [0.2, 0.25) is 0 Å². The van der Waals surface area contributed by atoms with Crippen molar-refractivity contribution in [1.29, 1.82) is 0 Å². The number of likely N-dealkylation sites (tertiary alicyclic amines) is 1. The maximum absolute atomic E-state index is 13.0. The van der Waals surface area contributed by atoms with Gasteiger partial charge >= 0.3 is 0 Å². The zero-order valence-corrected chi connectivity index (χ0v) is 14.7. The van der Waals surface area contributed by atoms with Crippen LogP contribution in [0.5, 0.6) is 0 Å². The van der Waals surface area contributed by atoms with Gasteiger partial charge in [0.05, 0.1) is 23.8 Å². The molecule has 2 fully saturated rings. The molecular formula is C18H25N5O2. The normalized spacial score (nSPS) is 21.8. The van der Waals surface area contributed by atoms with E-state index in [9.17, 15) is 4.79 Å². The molecule has 7 heteroatoms. The van der Waals surface area contributed by atoms with Gasteiger partial charge in [-0.15, -0.1) is 0 Å². The molecule has 2 aromatic heterocycles. The first-order valence-corrected chi connectivity index (χ1v) is 9.44. The van der Waals surface area contributed by atoms with Crippen molar-refractivity contribution >= 4 is 5.91 Å². The number of amides is 1. The average Bonchev–Trinajstić information content (AvgIpc) is 3.41. The van der Waals surface area contributed by atoms with Gasteiger partial charge in [-0.25, -0.2) is 0 Å². The van der Waals surface area contributed by atoms with Gasteiger partial charge < -0.3 is 9.42 Å². The fraction of sp³-hybridized carbons (Fsp3) is 0.667. The third-order valence-electron chi connectivity index (χ3n) is 5.40. The van der Waals surface area contributed by atoms with Crippen LogP contribution in [0, 0.1) is 0 Å². The van der Waals surface area contributed by atoms with E-state index in [2.05, 4.69) is 15.2 Å². The van der Waals surface area contributed by atoms with Gasteiger partial charge in [0.15, 0.2) is 5.82 Å². The van der Waals surface area contributed by atoms with Crippen molar-refractivity contribution in [1.82, 2.24) is 24.8 Å². The first kappa shape index (κ1) is 16.3. The van der Waals surface area contributed by atoms with E-state index in [1.807, 2.05) is 22.7 Å². The van der Waals surface area contributed by atoms with Gasteiger partial charge in [-0.3, -0.25) is 9.48 Å². The van der Waals surface area contributed by atoms with Crippen LogP contribution in [0.15, 0.2) is 16.9 Å². The van der Waals surface area contributed by atoms with Crippen molar-refractivity contribution in [2.75, 3.05) is 6.54 Å². The Hall–Kier alpha value is -2.18. The van der Waals surface area contributed by atoms with E-state index < -0.39 is 0 Å². The molecule has 1 saturated carbocycles. The smallest absolute Gasteiger partial charge is 0.257 e. The summed E-state index contributed by atoms with van der Waals surface area (Å²) >= 11 is 0. The molecule has 1 aliphatic heterocycles. The second-order valence-corrected chi connectivity index (χ2v) is 7.06. The predicted octanol–water partition coefficient (Wildman–Crippen LogP) is 3.31. The maximum Gasteiger partial charge on any atom is 0.257 e. The first-order valence-electron chi connectivity index (χ1n) is 9.44. The quantitative estimate of drug-likeness (QED) is 0.851. The summed E-state index contributed by atoms with van der Waals surface area (Å²) in [7, 11) is 0. The van der Waals surface area contributed by atoms with E-state index in [0.29, 0.717) is 29.7 Å². The van der Waals surface area contributed by atoms with Crippen LogP contribution >= 0.6 is 0 Å². The van der Waals surface area contributed by atoms with Crippen LogP contribution in [-0.4, -0.2) is 37.3 Å². The summed E-state index contributed by atoms with van der Waals surface area (Å²) in [6.45, 7) is 2.71. The molecule has 0 spiro atoms. The summed E-state index contributed by atoms with van der Waals surface area (Å²) in [5.74, 6) is 1.27. The summed E-state index contributed by atoms with van der Waals surface area (Å²) in [5, 5.41) is 8.54. The molecule has 7 nitrogen and oxygen atoms in total. The van der Waals surface area contributed by atoms with E-state index in [4.69, 9.17) is 4.52 Å². The molecule has 134 valence electrons. The van der Waals surface area contributed by atoms with E-state index in [1.54, 1.807) is 6.20 Å². The number of hydrogen-bond donors (Lipinski definition) is 0. The van der Waals surface area contributed by atoms with Gasteiger partial charge in [0.1, 0.15) is 0 Å².